The molecule has 4 heteroatoms. The molecular formula is C11H15ClFNO. The average molecular weight is 232 g/mol. The first-order chi connectivity index (χ1) is 7.06. The van der Waals surface area contributed by atoms with Crippen molar-refractivity contribution in [1.29, 1.82) is 0 Å². The third-order valence-electron chi connectivity index (χ3n) is 2.29. The molecule has 15 heavy (non-hydrogen) atoms. The molecule has 0 spiro atoms. The fourth-order valence-corrected chi connectivity index (χ4v) is 1.40. The van der Waals surface area contributed by atoms with Crippen LogP contribution in [-0.4, -0.2) is 23.6 Å². The minimum Gasteiger partial charge on any atom is -0.390 e. The first-order valence-corrected chi connectivity index (χ1v) is 5.33. The number of hydrogen-bond donors (Lipinski definition) is 2. The van der Waals surface area contributed by atoms with Crippen LogP contribution in [0.15, 0.2) is 12.1 Å². The van der Waals surface area contributed by atoms with E-state index < -0.39 is 6.10 Å². The van der Waals surface area contributed by atoms with Gasteiger partial charge in [0.15, 0.2) is 0 Å². The van der Waals surface area contributed by atoms with Crippen LogP contribution < -0.4 is 5.32 Å². The van der Waals surface area contributed by atoms with Crippen molar-refractivity contribution < 1.29 is 9.50 Å². The molecule has 0 saturated carbocycles. The highest BCUT2D eigenvalue weighted by Crippen LogP contribution is 2.20. The third kappa shape index (κ3) is 3.08. The molecule has 0 fully saturated rings. The van der Waals surface area contributed by atoms with Gasteiger partial charge in [-0.15, -0.1) is 11.6 Å². The molecule has 1 rings (SSSR count). The molecule has 1 unspecified atom stereocenters. The van der Waals surface area contributed by atoms with E-state index in [4.69, 9.17) is 11.6 Å². The number of benzene rings is 1. The minimum absolute atomic E-state index is 0.167. The van der Waals surface area contributed by atoms with E-state index in [1.54, 1.807) is 26.0 Å². The Morgan fingerprint density at radius 3 is 2.73 bits per heavy atom. The topological polar surface area (TPSA) is 32.3 Å². The predicted octanol–water partition coefficient (Wildman–Crippen LogP) is 2.45. The molecule has 0 radical (unpaired) electrons. The number of aryl methyl sites for hydroxylation is 1. The van der Waals surface area contributed by atoms with Gasteiger partial charge in [-0.25, -0.2) is 4.39 Å². The molecule has 2 N–H and O–H groups in total. The van der Waals surface area contributed by atoms with Gasteiger partial charge in [-0.2, -0.15) is 0 Å². The summed E-state index contributed by atoms with van der Waals surface area (Å²) >= 11 is 5.45. The Hall–Kier alpha value is -0.800. The zero-order valence-electron chi connectivity index (χ0n) is 8.85. The molecule has 84 valence electrons. The number of rotatable bonds is 4. The number of nitrogens with one attached hydrogen (secondary N) is 1. The molecule has 0 amide bonds. The first kappa shape index (κ1) is 12.3. The van der Waals surface area contributed by atoms with Crippen LogP contribution in [-0.2, 0) is 0 Å². The summed E-state index contributed by atoms with van der Waals surface area (Å²) in [6.45, 7) is 3.75. The van der Waals surface area contributed by atoms with Crippen LogP contribution in [0.2, 0.25) is 0 Å². The van der Waals surface area contributed by atoms with E-state index in [-0.39, 0.29) is 11.7 Å². The molecule has 0 bridgehead atoms. The second-order valence-electron chi connectivity index (χ2n) is 3.56. The van der Waals surface area contributed by atoms with Gasteiger partial charge in [-0.1, -0.05) is 6.07 Å². The maximum Gasteiger partial charge on any atom is 0.131 e. The van der Waals surface area contributed by atoms with Crippen molar-refractivity contribution in [3.05, 3.63) is 29.1 Å². The third-order valence-corrected chi connectivity index (χ3v) is 2.64. The normalized spacial score (nSPS) is 12.6. The van der Waals surface area contributed by atoms with Gasteiger partial charge in [0, 0.05) is 17.8 Å². The quantitative estimate of drug-likeness (QED) is 0.781. The SMILES string of the molecule is Cc1ccc(NCC(O)CCl)c(C)c1F. The van der Waals surface area contributed by atoms with Crippen LogP contribution in [0, 0.1) is 19.7 Å². The van der Waals surface area contributed by atoms with E-state index in [1.807, 2.05) is 0 Å². The van der Waals surface area contributed by atoms with Crippen molar-refractivity contribution in [2.45, 2.75) is 20.0 Å². The van der Waals surface area contributed by atoms with E-state index in [1.165, 1.54) is 0 Å². The summed E-state index contributed by atoms with van der Waals surface area (Å²) in [6, 6.07) is 3.51. The highest BCUT2D eigenvalue weighted by molar-refractivity contribution is 6.18. The second kappa shape index (κ2) is 5.33. The summed E-state index contributed by atoms with van der Waals surface area (Å²) in [5.74, 6) is -0.0409. The van der Waals surface area contributed by atoms with Crippen LogP contribution in [0.3, 0.4) is 0 Å². The lowest BCUT2D eigenvalue weighted by Gasteiger charge is -2.13. The molecule has 0 heterocycles. The van der Waals surface area contributed by atoms with E-state index in [0.29, 0.717) is 23.4 Å². The summed E-state index contributed by atoms with van der Waals surface area (Å²) in [7, 11) is 0. The minimum atomic E-state index is -0.615. The maximum atomic E-state index is 13.5. The highest BCUT2D eigenvalue weighted by atomic mass is 35.5. The number of hydrogen-bond acceptors (Lipinski definition) is 2. The van der Waals surface area contributed by atoms with E-state index in [0.717, 1.165) is 0 Å². The van der Waals surface area contributed by atoms with Gasteiger partial charge in [0.25, 0.3) is 0 Å². The first-order valence-electron chi connectivity index (χ1n) is 4.80. The molecular weight excluding hydrogens is 217 g/mol. The number of anilines is 1. The summed E-state index contributed by atoms with van der Waals surface area (Å²) in [6.07, 6.45) is -0.615. The monoisotopic (exact) mass is 231 g/mol. The van der Waals surface area contributed by atoms with Crippen LogP contribution >= 0.6 is 11.6 Å². The van der Waals surface area contributed by atoms with Crippen molar-refractivity contribution in [1.82, 2.24) is 0 Å². The van der Waals surface area contributed by atoms with E-state index in [9.17, 15) is 9.50 Å². The smallest absolute Gasteiger partial charge is 0.131 e. The Morgan fingerprint density at radius 1 is 1.47 bits per heavy atom. The Labute approximate surface area is 94.1 Å². The number of halogens is 2. The van der Waals surface area contributed by atoms with Gasteiger partial charge in [-0.3, -0.25) is 0 Å². The zero-order valence-corrected chi connectivity index (χ0v) is 9.61. The molecule has 0 aliphatic carbocycles. The van der Waals surface area contributed by atoms with Crippen molar-refractivity contribution in [3.63, 3.8) is 0 Å². The summed E-state index contributed by atoms with van der Waals surface area (Å²) in [4.78, 5) is 0. The van der Waals surface area contributed by atoms with Gasteiger partial charge < -0.3 is 10.4 Å². The average Bonchev–Trinajstić information content (AvgIpc) is 2.24. The van der Waals surface area contributed by atoms with E-state index >= 15 is 0 Å². The number of alkyl halides is 1. The Balaban J connectivity index is 2.74. The van der Waals surface area contributed by atoms with Gasteiger partial charge in [-0.05, 0) is 25.5 Å². The molecule has 0 aliphatic heterocycles. The van der Waals surface area contributed by atoms with Gasteiger partial charge in [0.1, 0.15) is 5.82 Å². The second-order valence-corrected chi connectivity index (χ2v) is 3.87. The molecule has 1 aromatic carbocycles. The lowest BCUT2D eigenvalue weighted by atomic mass is 10.1. The predicted molar refractivity (Wildman–Crippen MR) is 61.1 cm³/mol. The Morgan fingerprint density at radius 2 is 2.13 bits per heavy atom. The zero-order chi connectivity index (χ0) is 11.4. The Bertz CT molecular complexity index is 344. The molecule has 1 aromatic rings. The van der Waals surface area contributed by atoms with Crippen molar-refractivity contribution >= 4 is 17.3 Å². The largest absolute Gasteiger partial charge is 0.390 e. The highest BCUT2D eigenvalue weighted by Gasteiger charge is 2.08. The fraction of sp³-hybridized carbons (Fsp3) is 0.455. The van der Waals surface area contributed by atoms with Crippen LogP contribution in [0.1, 0.15) is 11.1 Å². The molecule has 0 saturated heterocycles. The van der Waals surface area contributed by atoms with Gasteiger partial charge >= 0.3 is 0 Å². The molecule has 0 aliphatic rings. The maximum absolute atomic E-state index is 13.5. The van der Waals surface area contributed by atoms with Gasteiger partial charge in [0.2, 0.25) is 0 Å². The Kier molecular flexibility index (Phi) is 4.36. The lowest BCUT2D eigenvalue weighted by Crippen LogP contribution is -2.21. The summed E-state index contributed by atoms with van der Waals surface area (Å²) in [5.41, 5.74) is 1.88. The van der Waals surface area contributed by atoms with Crippen LogP contribution in [0.4, 0.5) is 10.1 Å². The van der Waals surface area contributed by atoms with Gasteiger partial charge in [0.05, 0.1) is 12.0 Å². The van der Waals surface area contributed by atoms with Crippen molar-refractivity contribution in [2.75, 3.05) is 17.7 Å². The number of aliphatic hydroxyl groups excluding tert-OH is 1. The van der Waals surface area contributed by atoms with E-state index in [2.05, 4.69) is 5.32 Å². The van der Waals surface area contributed by atoms with Crippen LogP contribution in [0.25, 0.3) is 0 Å². The molecule has 1 atom stereocenters. The summed E-state index contributed by atoms with van der Waals surface area (Å²) in [5, 5.41) is 12.2. The summed E-state index contributed by atoms with van der Waals surface area (Å²) < 4.78 is 13.5. The van der Waals surface area contributed by atoms with Crippen molar-refractivity contribution in [2.24, 2.45) is 0 Å². The molecule has 0 aromatic heterocycles. The van der Waals surface area contributed by atoms with Crippen molar-refractivity contribution in [3.8, 4) is 0 Å². The number of aliphatic hydroxyl groups is 1. The lowest BCUT2D eigenvalue weighted by molar-refractivity contribution is 0.211. The fourth-order valence-electron chi connectivity index (χ4n) is 1.29. The molecule has 2 nitrogen and oxygen atoms in total. The standard InChI is InChI=1S/C11H15ClFNO/c1-7-3-4-10(8(2)11(7)13)14-6-9(15)5-12/h3-4,9,14-15H,5-6H2,1-2H3. The van der Waals surface area contributed by atoms with Crippen LogP contribution in [0.5, 0.6) is 0 Å².